The summed E-state index contributed by atoms with van der Waals surface area (Å²) in [6, 6.07) is 1.08. The Balaban J connectivity index is 3.91. The first-order valence-electron chi connectivity index (χ1n) is 4.26. The molecule has 0 aromatic heterocycles. The predicted octanol–water partition coefficient (Wildman–Crippen LogP) is 2.28. The van der Waals surface area contributed by atoms with E-state index in [9.17, 15) is 0 Å². The van der Waals surface area contributed by atoms with Gasteiger partial charge in [-0.15, -0.1) is 0 Å². The fourth-order valence-electron chi connectivity index (χ4n) is 1.25. The molecule has 0 aromatic rings. The van der Waals surface area contributed by atoms with E-state index in [4.69, 9.17) is 9.51 Å². The van der Waals surface area contributed by atoms with E-state index >= 15 is 0 Å². The first-order valence-corrected chi connectivity index (χ1v) is 10.4. The molecule has 0 saturated carbocycles. The maximum absolute atomic E-state index is 6.06. The molecule has 0 aliphatic rings. The largest absolute Gasteiger partial charge is 0.445 e. The van der Waals surface area contributed by atoms with Crippen LogP contribution < -0.4 is 5.40 Å². The molecule has 1 unspecified atom stereocenters. The van der Waals surface area contributed by atoms with Gasteiger partial charge < -0.3 is 9.51 Å². The van der Waals surface area contributed by atoms with Crippen LogP contribution in [0.5, 0.6) is 0 Å². The lowest BCUT2D eigenvalue weighted by Gasteiger charge is -2.30. The summed E-state index contributed by atoms with van der Waals surface area (Å²) >= 11 is 0. The molecule has 0 aliphatic heterocycles. The van der Waals surface area contributed by atoms with Gasteiger partial charge in [0.15, 0.2) is 8.32 Å². The van der Waals surface area contributed by atoms with Crippen LogP contribution in [0.15, 0.2) is 0 Å². The number of hydrogen-bond donors (Lipinski definition) is 1. The molecule has 0 rings (SSSR count). The van der Waals surface area contributed by atoms with Crippen LogP contribution in [-0.2, 0) is 4.12 Å². The zero-order valence-corrected chi connectivity index (χ0v) is 10.4. The summed E-state index contributed by atoms with van der Waals surface area (Å²) < 4.78 is 5.92. The molecule has 0 fully saturated rings. The van der Waals surface area contributed by atoms with Crippen molar-refractivity contribution in [3.63, 3.8) is 0 Å². The highest BCUT2D eigenvalue weighted by Gasteiger charge is 2.29. The molecule has 0 aromatic carbocycles. The second kappa shape index (κ2) is 3.84. The molecule has 0 spiro atoms. The first kappa shape index (κ1) is 11.4. The Hall–Kier alpha value is 0.354. The van der Waals surface area contributed by atoms with Gasteiger partial charge in [-0.25, -0.2) is 0 Å². The van der Waals surface area contributed by atoms with Crippen molar-refractivity contribution in [1.82, 2.24) is 0 Å². The Morgan fingerprint density at radius 1 is 1.18 bits per heavy atom. The average molecular weight is 191 g/mol. The van der Waals surface area contributed by atoms with Crippen molar-refractivity contribution in [3.05, 3.63) is 0 Å². The van der Waals surface area contributed by atoms with Crippen molar-refractivity contribution < 1.29 is 4.12 Å². The van der Waals surface area contributed by atoms with Gasteiger partial charge in [0.25, 0.3) is 8.48 Å². The number of nitrogens with two attached hydrogens (primary N) is 1. The van der Waals surface area contributed by atoms with E-state index in [2.05, 4.69) is 33.1 Å². The second-order valence-electron chi connectivity index (χ2n) is 4.28. The summed E-state index contributed by atoms with van der Waals surface area (Å²) in [5.74, 6) is 0. The third-order valence-corrected chi connectivity index (χ3v) is 7.09. The van der Waals surface area contributed by atoms with Crippen LogP contribution >= 0.6 is 0 Å². The van der Waals surface area contributed by atoms with Crippen molar-refractivity contribution in [2.45, 2.75) is 45.6 Å². The minimum Gasteiger partial charge on any atom is -0.445 e. The van der Waals surface area contributed by atoms with E-state index in [0.717, 1.165) is 12.5 Å². The fourth-order valence-corrected chi connectivity index (χ4v) is 8.24. The Morgan fingerprint density at radius 2 is 1.64 bits per heavy atom. The van der Waals surface area contributed by atoms with Gasteiger partial charge in [-0.3, -0.25) is 0 Å². The minimum atomic E-state index is -1.78. The summed E-state index contributed by atoms with van der Waals surface area (Å²) in [4.78, 5) is 0. The Morgan fingerprint density at radius 3 is 1.91 bits per heavy atom. The lowest BCUT2D eigenvalue weighted by Crippen LogP contribution is -2.52. The van der Waals surface area contributed by atoms with E-state index in [-0.39, 0.29) is 0 Å². The van der Waals surface area contributed by atoms with Gasteiger partial charge in [0.1, 0.15) is 0 Å². The lowest BCUT2D eigenvalue weighted by molar-refractivity contribution is 0.539. The maximum Gasteiger partial charge on any atom is 0.252 e. The van der Waals surface area contributed by atoms with Crippen LogP contribution in [0.1, 0.15) is 13.3 Å². The molecule has 4 heteroatoms. The molecule has 2 nitrogen and oxygen atoms in total. The van der Waals surface area contributed by atoms with E-state index in [1.165, 1.54) is 0 Å². The molecular weight excluding hydrogens is 170 g/mol. The van der Waals surface area contributed by atoms with E-state index in [1.54, 1.807) is 0 Å². The second-order valence-corrected chi connectivity index (χ2v) is 12.4. The van der Waals surface area contributed by atoms with Crippen LogP contribution in [0, 0.1) is 0 Å². The number of hydrogen-bond acceptors (Lipinski definition) is 2. The van der Waals surface area contributed by atoms with Crippen LogP contribution in [0.25, 0.3) is 0 Å². The first-order chi connectivity index (χ1) is 4.77. The highest BCUT2D eigenvalue weighted by molar-refractivity contribution is 6.83. The molecule has 11 heavy (non-hydrogen) atoms. The quantitative estimate of drug-likeness (QED) is 0.692. The predicted molar refractivity (Wildman–Crippen MR) is 55.3 cm³/mol. The standard InChI is InChI=1S/C7H21NOSi2/c1-6-7-11(5,8)9-10(2,3)4/h6-8H2,1-5H3. The lowest BCUT2D eigenvalue weighted by atomic mass is 10.6. The van der Waals surface area contributed by atoms with E-state index in [0.29, 0.717) is 0 Å². The van der Waals surface area contributed by atoms with Crippen LogP contribution in [0.3, 0.4) is 0 Å². The summed E-state index contributed by atoms with van der Waals surface area (Å²) in [5, 5.41) is 6.06. The zero-order chi connectivity index (χ0) is 9.12. The van der Waals surface area contributed by atoms with Crippen molar-refractivity contribution in [1.29, 1.82) is 0 Å². The number of rotatable bonds is 4. The van der Waals surface area contributed by atoms with Gasteiger partial charge in [0.2, 0.25) is 0 Å². The Kier molecular flexibility index (Phi) is 3.97. The monoisotopic (exact) mass is 191 g/mol. The third-order valence-electron chi connectivity index (χ3n) is 1.29. The molecule has 2 N–H and O–H groups in total. The molecule has 0 heterocycles. The summed E-state index contributed by atoms with van der Waals surface area (Å²) in [5.41, 5.74) is 0. The topological polar surface area (TPSA) is 35.2 Å². The molecule has 0 saturated heterocycles. The zero-order valence-electron chi connectivity index (χ0n) is 8.40. The van der Waals surface area contributed by atoms with Crippen LogP contribution in [0.4, 0.5) is 0 Å². The minimum absolute atomic E-state index is 1.08. The Bertz CT molecular complexity index is 120. The average Bonchev–Trinajstić information content (AvgIpc) is 1.55. The van der Waals surface area contributed by atoms with Gasteiger partial charge in [-0.1, -0.05) is 13.3 Å². The summed E-state index contributed by atoms with van der Waals surface area (Å²) in [6.07, 6.45) is 1.14. The molecule has 1 atom stereocenters. The molecule has 0 aliphatic carbocycles. The van der Waals surface area contributed by atoms with Crippen LogP contribution in [0.2, 0.25) is 32.2 Å². The Labute approximate surface area is 72.5 Å². The van der Waals surface area contributed by atoms with Gasteiger partial charge >= 0.3 is 0 Å². The highest BCUT2D eigenvalue weighted by atomic mass is 28.4. The van der Waals surface area contributed by atoms with Gasteiger partial charge in [0, 0.05) is 0 Å². The smallest absolute Gasteiger partial charge is 0.252 e. The van der Waals surface area contributed by atoms with Gasteiger partial charge in [-0.2, -0.15) is 0 Å². The fraction of sp³-hybridized carbons (Fsp3) is 1.00. The SMILES string of the molecule is CCC[Si](C)(N)O[Si](C)(C)C. The van der Waals surface area contributed by atoms with Crippen molar-refractivity contribution >= 4 is 16.8 Å². The molecule has 0 radical (unpaired) electrons. The van der Waals surface area contributed by atoms with Crippen molar-refractivity contribution in [2.75, 3.05) is 0 Å². The van der Waals surface area contributed by atoms with E-state index in [1.807, 2.05) is 0 Å². The van der Waals surface area contributed by atoms with Gasteiger partial charge in [0.05, 0.1) is 0 Å². The van der Waals surface area contributed by atoms with Crippen molar-refractivity contribution in [2.24, 2.45) is 5.40 Å². The van der Waals surface area contributed by atoms with Crippen LogP contribution in [-0.4, -0.2) is 16.8 Å². The molecule has 68 valence electrons. The maximum atomic E-state index is 6.06. The van der Waals surface area contributed by atoms with Crippen molar-refractivity contribution in [3.8, 4) is 0 Å². The summed E-state index contributed by atoms with van der Waals surface area (Å²) in [7, 11) is -3.17. The molecule has 0 bridgehead atoms. The van der Waals surface area contributed by atoms with E-state index < -0.39 is 16.8 Å². The molecule has 0 amide bonds. The molecular formula is C7H21NOSi2. The normalized spacial score (nSPS) is 18.0. The summed E-state index contributed by atoms with van der Waals surface area (Å²) in [6.45, 7) is 10.8. The van der Waals surface area contributed by atoms with Gasteiger partial charge in [-0.05, 0) is 32.2 Å². The third kappa shape index (κ3) is 6.74. The highest BCUT2D eigenvalue weighted by Crippen LogP contribution is 2.14.